The predicted octanol–water partition coefficient (Wildman–Crippen LogP) is 1.47. The molecule has 1 rings (SSSR count). The molecule has 1 aromatic rings. The monoisotopic (exact) mass is 159 g/mol. The highest BCUT2D eigenvalue weighted by atomic mass is 35.5. The van der Waals surface area contributed by atoms with Crippen LogP contribution in [0.1, 0.15) is 0 Å². The number of halogens is 1. The van der Waals surface area contributed by atoms with Crippen molar-refractivity contribution >= 4 is 18.1 Å². The van der Waals surface area contributed by atoms with Crippen molar-refractivity contribution in [1.82, 2.24) is 0 Å². The lowest BCUT2D eigenvalue weighted by Gasteiger charge is -1.98. The summed E-state index contributed by atoms with van der Waals surface area (Å²) in [5.41, 5.74) is 0.944. The smallest absolute Gasteiger partial charge is 0.113 e. The van der Waals surface area contributed by atoms with Crippen molar-refractivity contribution in [2.24, 2.45) is 0 Å². The summed E-state index contributed by atoms with van der Waals surface area (Å²) in [7, 11) is 0. The number of hydrogen-bond donors (Lipinski definition) is 2. The molecule has 2 N–H and O–H groups in total. The maximum absolute atomic E-state index is 8.41. The van der Waals surface area contributed by atoms with Crippen LogP contribution in [0.5, 0.6) is 0 Å². The number of aliphatic hydroxyl groups is 1. The van der Waals surface area contributed by atoms with Crippen LogP contribution < -0.4 is 5.32 Å². The van der Waals surface area contributed by atoms with Gasteiger partial charge in [0.15, 0.2) is 0 Å². The van der Waals surface area contributed by atoms with Crippen LogP contribution in [-0.4, -0.2) is 11.8 Å². The topological polar surface area (TPSA) is 32.3 Å². The SMILES string of the molecule is Cl.OCNc1ccccc1. The number of benzene rings is 1. The lowest BCUT2D eigenvalue weighted by molar-refractivity contribution is 0.325. The molecule has 0 unspecified atom stereocenters. The third-order valence-electron chi connectivity index (χ3n) is 1.06. The van der Waals surface area contributed by atoms with Gasteiger partial charge in [-0.15, -0.1) is 12.4 Å². The molecule has 0 aliphatic heterocycles. The lowest BCUT2D eigenvalue weighted by atomic mass is 10.3. The van der Waals surface area contributed by atoms with Crippen molar-refractivity contribution in [2.45, 2.75) is 0 Å². The zero-order chi connectivity index (χ0) is 6.53. The molecule has 0 fully saturated rings. The van der Waals surface area contributed by atoms with Crippen LogP contribution >= 0.6 is 12.4 Å². The highest BCUT2D eigenvalue weighted by Gasteiger charge is 1.82. The van der Waals surface area contributed by atoms with Crippen LogP contribution in [0.4, 0.5) is 5.69 Å². The Hall–Kier alpha value is -0.730. The minimum atomic E-state index is -0.00991. The standard InChI is InChI=1S/C7H9NO.ClH/c9-6-8-7-4-2-1-3-5-7;/h1-5,8-9H,6H2;1H. The van der Waals surface area contributed by atoms with Crippen LogP contribution in [0.2, 0.25) is 0 Å². The summed E-state index contributed by atoms with van der Waals surface area (Å²) in [5.74, 6) is 0. The van der Waals surface area contributed by atoms with Crippen molar-refractivity contribution in [1.29, 1.82) is 0 Å². The molecule has 0 radical (unpaired) electrons. The van der Waals surface area contributed by atoms with E-state index in [2.05, 4.69) is 5.32 Å². The molecule has 0 saturated heterocycles. The summed E-state index contributed by atoms with van der Waals surface area (Å²) in [5, 5.41) is 11.2. The third-order valence-corrected chi connectivity index (χ3v) is 1.06. The molecule has 0 bridgehead atoms. The molecule has 0 spiro atoms. The van der Waals surface area contributed by atoms with Crippen molar-refractivity contribution in [3.63, 3.8) is 0 Å². The summed E-state index contributed by atoms with van der Waals surface area (Å²) in [6.07, 6.45) is 0. The van der Waals surface area contributed by atoms with Crippen LogP contribution in [0, 0.1) is 0 Å². The Kier molecular flexibility index (Phi) is 4.72. The van der Waals surface area contributed by atoms with Gasteiger partial charge in [0.05, 0.1) is 0 Å². The fourth-order valence-corrected chi connectivity index (χ4v) is 0.647. The molecule has 0 aromatic heterocycles. The Morgan fingerprint density at radius 1 is 1.20 bits per heavy atom. The highest BCUT2D eigenvalue weighted by molar-refractivity contribution is 5.85. The van der Waals surface area contributed by atoms with Gasteiger partial charge >= 0.3 is 0 Å². The zero-order valence-corrected chi connectivity index (χ0v) is 6.27. The van der Waals surface area contributed by atoms with Gasteiger partial charge in [-0.2, -0.15) is 0 Å². The molecular formula is C7H10ClNO. The van der Waals surface area contributed by atoms with Gasteiger partial charge in [-0.25, -0.2) is 0 Å². The van der Waals surface area contributed by atoms with Gasteiger partial charge in [-0.3, -0.25) is 0 Å². The van der Waals surface area contributed by atoms with Crippen molar-refractivity contribution in [3.05, 3.63) is 30.3 Å². The quantitative estimate of drug-likeness (QED) is 0.641. The minimum absolute atomic E-state index is 0. The maximum atomic E-state index is 8.41. The summed E-state index contributed by atoms with van der Waals surface area (Å²) < 4.78 is 0. The molecule has 0 atom stereocenters. The molecule has 0 amide bonds. The molecule has 0 heterocycles. The maximum Gasteiger partial charge on any atom is 0.113 e. The van der Waals surface area contributed by atoms with E-state index in [9.17, 15) is 0 Å². The van der Waals surface area contributed by atoms with Crippen LogP contribution in [0.3, 0.4) is 0 Å². The average Bonchev–Trinajstić information content (AvgIpc) is 1.91. The second kappa shape index (κ2) is 5.09. The fraction of sp³-hybridized carbons (Fsp3) is 0.143. The number of rotatable bonds is 2. The van der Waals surface area contributed by atoms with Crippen molar-refractivity contribution in [3.8, 4) is 0 Å². The first-order chi connectivity index (χ1) is 4.43. The van der Waals surface area contributed by atoms with Crippen LogP contribution in [0.15, 0.2) is 30.3 Å². The largest absolute Gasteiger partial charge is 0.377 e. The fourth-order valence-electron chi connectivity index (χ4n) is 0.647. The molecular weight excluding hydrogens is 150 g/mol. The second-order valence-electron chi connectivity index (χ2n) is 1.70. The van der Waals surface area contributed by atoms with E-state index in [0.717, 1.165) is 5.69 Å². The van der Waals surface area contributed by atoms with Gasteiger partial charge in [0.1, 0.15) is 6.73 Å². The first-order valence-corrected chi connectivity index (χ1v) is 2.83. The Morgan fingerprint density at radius 3 is 2.30 bits per heavy atom. The summed E-state index contributed by atoms with van der Waals surface area (Å²) in [6.45, 7) is -0.00991. The molecule has 1 aromatic carbocycles. The van der Waals surface area contributed by atoms with E-state index < -0.39 is 0 Å². The number of para-hydroxylation sites is 1. The van der Waals surface area contributed by atoms with Crippen LogP contribution in [-0.2, 0) is 0 Å². The highest BCUT2D eigenvalue weighted by Crippen LogP contribution is 2.02. The van der Waals surface area contributed by atoms with Gasteiger partial charge in [0.25, 0.3) is 0 Å². The Balaban J connectivity index is 0.000000810. The first-order valence-electron chi connectivity index (χ1n) is 2.83. The van der Waals surface area contributed by atoms with Gasteiger partial charge in [0.2, 0.25) is 0 Å². The van der Waals surface area contributed by atoms with Gasteiger partial charge < -0.3 is 10.4 Å². The van der Waals surface area contributed by atoms with Crippen LogP contribution in [0.25, 0.3) is 0 Å². The predicted molar refractivity (Wildman–Crippen MR) is 44.4 cm³/mol. The van der Waals surface area contributed by atoms with Crippen molar-refractivity contribution in [2.75, 3.05) is 12.0 Å². The molecule has 0 saturated carbocycles. The van der Waals surface area contributed by atoms with E-state index in [1.165, 1.54) is 0 Å². The lowest BCUT2D eigenvalue weighted by Crippen LogP contribution is -1.97. The Bertz CT molecular complexity index is 167. The van der Waals surface area contributed by atoms with E-state index in [4.69, 9.17) is 5.11 Å². The number of anilines is 1. The molecule has 3 heteroatoms. The van der Waals surface area contributed by atoms with E-state index in [-0.39, 0.29) is 19.1 Å². The molecule has 56 valence electrons. The van der Waals surface area contributed by atoms with Crippen molar-refractivity contribution < 1.29 is 5.11 Å². The van der Waals surface area contributed by atoms with Gasteiger partial charge in [-0.1, -0.05) is 18.2 Å². The number of aliphatic hydroxyl groups excluding tert-OH is 1. The minimum Gasteiger partial charge on any atom is -0.377 e. The zero-order valence-electron chi connectivity index (χ0n) is 5.45. The first kappa shape index (κ1) is 9.27. The summed E-state index contributed by atoms with van der Waals surface area (Å²) >= 11 is 0. The Morgan fingerprint density at radius 2 is 1.80 bits per heavy atom. The van der Waals surface area contributed by atoms with Gasteiger partial charge in [-0.05, 0) is 12.1 Å². The van der Waals surface area contributed by atoms with E-state index in [1.54, 1.807) is 0 Å². The normalized spacial score (nSPS) is 8.10. The number of nitrogens with one attached hydrogen (secondary N) is 1. The third kappa shape index (κ3) is 2.71. The van der Waals surface area contributed by atoms with E-state index >= 15 is 0 Å². The summed E-state index contributed by atoms with van der Waals surface area (Å²) in [6, 6.07) is 9.56. The number of hydrogen-bond acceptors (Lipinski definition) is 2. The average molecular weight is 160 g/mol. The van der Waals surface area contributed by atoms with E-state index in [1.807, 2.05) is 30.3 Å². The van der Waals surface area contributed by atoms with E-state index in [0.29, 0.717) is 0 Å². The second-order valence-corrected chi connectivity index (χ2v) is 1.70. The Labute approximate surface area is 66.3 Å². The molecule has 2 nitrogen and oxygen atoms in total. The van der Waals surface area contributed by atoms with Gasteiger partial charge in [0, 0.05) is 5.69 Å². The summed E-state index contributed by atoms with van der Waals surface area (Å²) in [4.78, 5) is 0. The molecule has 10 heavy (non-hydrogen) atoms. The molecule has 0 aliphatic rings. The molecule has 0 aliphatic carbocycles.